The van der Waals surface area contributed by atoms with Crippen molar-refractivity contribution >= 4 is 31.6 Å². The minimum absolute atomic E-state index is 0.0753. The highest BCUT2D eigenvalue weighted by Crippen LogP contribution is 2.22. The molecule has 2 aromatic heterocycles. The van der Waals surface area contributed by atoms with Crippen LogP contribution in [0.15, 0.2) is 58.3 Å². The van der Waals surface area contributed by atoms with Crippen molar-refractivity contribution in [1.29, 1.82) is 0 Å². The lowest BCUT2D eigenvalue weighted by atomic mass is 10.2. The lowest BCUT2D eigenvalue weighted by Crippen LogP contribution is -2.12. The Morgan fingerprint density at radius 3 is 2.67 bits per heavy atom. The van der Waals surface area contributed by atoms with Crippen molar-refractivity contribution in [3.8, 4) is 5.82 Å². The molecule has 1 N–H and O–H groups in total. The highest BCUT2D eigenvalue weighted by atomic mass is 79.9. The predicted molar refractivity (Wildman–Crippen MR) is 95.8 cm³/mol. The van der Waals surface area contributed by atoms with Gasteiger partial charge in [-0.05, 0) is 55.3 Å². The Labute approximate surface area is 148 Å². The standard InChI is InChI=1S/C16H15BrN4O2S/c1-11-5-6-18-16(7-11)21-10-14(9-19-21)24(22,23)20-13-3-4-15(17)12(2)8-13/h3-10,20H,1-2H3. The molecule has 0 saturated carbocycles. The van der Waals surface area contributed by atoms with Gasteiger partial charge in [-0.25, -0.2) is 18.1 Å². The van der Waals surface area contributed by atoms with Crippen LogP contribution in [0.5, 0.6) is 0 Å². The molecule has 0 spiro atoms. The molecule has 0 amide bonds. The molecular weight excluding hydrogens is 392 g/mol. The number of pyridine rings is 1. The second-order valence-corrected chi connectivity index (χ2v) is 7.92. The molecule has 124 valence electrons. The molecule has 24 heavy (non-hydrogen) atoms. The number of aromatic nitrogens is 3. The van der Waals surface area contributed by atoms with Crippen LogP contribution in [0.1, 0.15) is 11.1 Å². The smallest absolute Gasteiger partial charge is 0.265 e. The van der Waals surface area contributed by atoms with Gasteiger partial charge in [0, 0.05) is 16.4 Å². The number of anilines is 1. The molecule has 0 aliphatic rings. The molecule has 3 rings (SSSR count). The van der Waals surface area contributed by atoms with E-state index in [1.54, 1.807) is 24.4 Å². The van der Waals surface area contributed by atoms with Gasteiger partial charge in [0.25, 0.3) is 10.0 Å². The van der Waals surface area contributed by atoms with Gasteiger partial charge in [0.15, 0.2) is 5.82 Å². The number of hydrogen-bond donors (Lipinski definition) is 1. The maximum Gasteiger partial charge on any atom is 0.265 e. The highest BCUT2D eigenvalue weighted by Gasteiger charge is 2.17. The predicted octanol–water partition coefficient (Wildman–Crippen LogP) is 3.45. The Balaban J connectivity index is 1.89. The number of nitrogens with one attached hydrogen (secondary N) is 1. The van der Waals surface area contributed by atoms with Crippen molar-refractivity contribution in [2.45, 2.75) is 18.7 Å². The van der Waals surface area contributed by atoms with E-state index >= 15 is 0 Å². The number of nitrogens with zero attached hydrogens (tertiary/aromatic N) is 3. The quantitative estimate of drug-likeness (QED) is 0.719. The molecule has 8 heteroatoms. The minimum Gasteiger partial charge on any atom is -0.280 e. The van der Waals surface area contributed by atoms with E-state index in [0.717, 1.165) is 15.6 Å². The molecule has 0 saturated heterocycles. The van der Waals surface area contributed by atoms with Crippen LogP contribution in [0.2, 0.25) is 0 Å². The lowest BCUT2D eigenvalue weighted by Gasteiger charge is -2.07. The third kappa shape index (κ3) is 3.49. The van der Waals surface area contributed by atoms with Crippen molar-refractivity contribution < 1.29 is 8.42 Å². The number of sulfonamides is 1. The fourth-order valence-electron chi connectivity index (χ4n) is 2.14. The second-order valence-electron chi connectivity index (χ2n) is 5.38. The first-order chi connectivity index (χ1) is 11.3. The fourth-order valence-corrected chi connectivity index (χ4v) is 3.36. The van der Waals surface area contributed by atoms with Gasteiger partial charge in [-0.2, -0.15) is 5.10 Å². The first kappa shape index (κ1) is 16.7. The zero-order chi connectivity index (χ0) is 17.3. The molecule has 1 aromatic carbocycles. The highest BCUT2D eigenvalue weighted by molar-refractivity contribution is 9.10. The van der Waals surface area contributed by atoms with E-state index in [-0.39, 0.29) is 4.90 Å². The topological polar surface area (TPSA) is 76.9 Å². The molecule has 0 radical (unpaired) electrons. The first-order valence-corrected chi connectivity index (χ1v) is 9.39. The van der Waals surface area contributed by atoms with E-state index in [1.807, 2.05) is 26.0 Å². The van der Waals surface area contributed by atoms with Crippen molar-refractivity contribution in [3.05, 3.63) is 64.5 Å². The van der Waals surface area contributed by atoms with Crippen molar-refractivity contribution in [1.82, 2.24) is 14.8 Å². The van der Waals surface area contributed by atoms with Crippen LogP contribution < -0.4 is 4.72 Å². The van der Waals surface area contributed by atoms with Crippen LogP contribution in [0.25, 0.3) is 5.82 Å². The Kier molecular flexibility index (Phi) is 4.42. The van der Waals surface area contributed by atoms with Crippen LogP contribution in [-0.2, 0) is 10.0 Å². The molecule has 6 nitrogen and oxygen atoms in total. The van der Waals surface area contributed by atoms with E-state index in [0.29, 0.717) is 11.5 Å². The van der Waals surface area contributed by atoms with Crippen LogP contribution in [0.4, 0.5) is 5.69 Å². The third-order valence-corrected chi connectivity index (χ3v) is 5.64. The van der Waals surface area contributed by atoms with E-state index in [2.05, 4.69) is 30.7 Å². The normalized spacial score (nSPS) is 11.5. The van der Waals surface area contributed by atoms with Crippen LogP contribution in [-0.4, -0.2) is 23.2 Å². The zero-order valence-corrected chi connectivity index (χ0v) is 15.5. The van der Waals surface area contributed by atoms with Gasteiger partial charge in [0.2, 0.25) is 0 Å². The minimum atomic E-state index is -3.72. The summed E-state index contributed by atoms with van der Waals surface area (Å²) in [4.78, 5) is 4.27. The van der Waals surface area contributed by atoms with Gasteiger partial charge in [-0.1, -0.05) is 15.9 Å². The summed E-state index contributed by atoms with van der Waals surface area (Å²) in [5.41, 5.74) is 2.45. The summed E-state index contributed by atoms with van der Waals surface area (Å²) in [5, 5.41) is 4.09. The summed E-state index contributed by atoms with van der Waals surface area (Å²) in [6, 6.07) is 8.94. The maximum atomic E-state index is 12.5. The van der Waals surface area contributed by atoms with Gasteiger partial charge in [-0.3, -0.25) is 4.72 Å². The zero-order valence-electron chi connectivity index (χ0n) is 13.1. The number of halogens is 1. The Hall–Kier alpha value is -2.19. The fraction of sp³-hybridized carbons (Fsp3) is 0.125. The second kappa shape index (κ2) is 6.37. The molecule has 0 atom stereocenters. The molecule has 0 bridgehead atoms. The van der Waals surface area contributed by atoms with Gasteiger partial charge in [0.05, 0.1) is 12.4 Å². The molecular formula is C16H15BrN4O2S. The lowest BCUT2D eigenvalue weighted by molar-refractivity contribution is 0.601. The molecule has 0 aliphatic carbocycles. The number of aryl methyl sites for hydroxylation is 2. The molecule has 0 aliphatic heterocycles. The van der Waals surface area contributed by atoms with Gasteiger partial charge in [0.1, 0.15) is 4.90 Å². The van der Waals surface area contributed by atoms with E-state index < -0.39 is 10.0 Å². The number of benzene rings is 1. The summed E-state index contributed by atoms with van der Waals surface area (Å²) >= 11 is 3.39. The first-order valence-electron chi connectivity index (χ1n) is 7.12. The number of rotatable bonds is 4. The Morgan fingerprint density at radius 1 is 1.17 bits per heavy atom. The van der Waals surface area contributed by atoms with Crippen molar-refractivity contribution in [3.63, 3.8) is 0 Å². The molecule has 2 heterocycles. The van der Waals surface area contributed by atoms with Gasteiger partial charge < -0.3 is 0 Å². The van der Waals surface area contributed by atoms with E-state index in [9.17, 15) is 8.42 Å². The number of hydrogen-bond acceptors (Lipinski definition) is 4. The molecule has 3 aromatic rings. The van der Waals surface area contributed by atoms with E-state index in [4.69, 9.17) is 0 Å². The van der Waals surface area contributed by atoms with Gasteiger partial charge >= 0.3 is 0 Å². The summed E-state index contributed by atoms with van der Waals surface area (Å²) in [5.74, 6) is 0.566. The largest absolute Gasteiger partial charge is 0.280 e. The van der Waals surface area contributed by atoms with Crippen molar-refractivity contribution in [2.24, 2.45) is 0 Å². The average molecular weight is 407 g/mol. The van der Waals surface area contributed by atoms with Gasteiger partial charge in [-0.15, -0.1) is 0 Å². The maximum absolute atomic E-state index is 12.5. The third-order valence-electron chi connectivity index (χ3n) is 3.42. The molecule has 0 fully saturated rings. The molecule has 0 unspecified atom stereocenters. The summed E-state index contributed by atoms with van der Waals surface area (Å²) in [7, 11) is -3.72. The van der Waals surface area contributed by atoms with Crippen LogP contribution in [0.3, 0.4) is 0 Å². The average Bonchev–Trinajstić information content (AvgIpc) is 3.02. The van der Waals surface area contributed by atoms with Crippen molar-refractivity contribution in [2.75, 3.05) is 4.72 Å². The monoisotopic (exact) mass is 406 g/mol. The van der Waals surface area contributed by atoms with Crippen LogP contribution >= 0.6 is 15.9 Å². The van der Waals surface area contributed by atoms with Crippen LogP contribution in [0, 0.1) is 13.8 Å². The summed E-state index contributed by atoms with van der Waals surface area (Å²) in [6.45, 7) is 3.83. The summed E-state index contributed by atoms with van der Waals surface area (Å²) < 4.78 is 29.9. The SMILES string of the molecule is Cc1ccnc(-n2cc(S(=O)(=O)Nc3ccc(Br)c(C)c3)cn2)c1. The Bertz CT molecular complexity index is 999. The van der Waals surface area contributed by atoms with E-state index in [1.165, 1.54) is 17.1 Å². The summed E-state index contributed by atoms with van der Waals surface area (Å²) in [6.07, 6.45) is 4.40. The Morgan fingerprint density at radius 2 is 1.96 bits per heavy atom.